The van der Waals surface area contributed by atoms with Crippen LogP contribution in [0.25, 0.3) is 10.2 Å². The number of hydrogen-bond donors (Lipinski definition) is 2. The molecule has 0 aliphatic carbocycles. The molecule has 1 amide bonds. The van der Waals surface area contributed by atoms with Gasteiger partial charge in [0.2, 0.25) is 0 Å². The Kier molecular flexibility index (Phi) is 5.91. The number of thiazole rings is 1. The molecule has 1 aromatic heterocycles. The number of ether oxygens (including phenoxy) is 1. The first-order valence-electron chi connectivity index (χ1n) is 7.43. The molecule has 6 nitrogen and oxygen atoms in total. The van der Waals surface area contributed by atoms with Crippen molar-refractivity contribution >= 4 is 79.1 Å². The minimum atomic E-state index is -0.492. The predicted octanol–water partition coefficient (Wildman–Crippen LogP) is 4.52. The molecule has 3 aromatic rings. The van der Waals surface area contributed by atoms with E-state index in [9.17, 15) is 9.59 Å². The number of thiocarbonyl (C=S) groups is 1. The van der Waals surface area contributed by atoms with Gasteiger partial charge >= 0.3 is 5.97 Å². The molecule has 0 radical (unpaired) electrons. The summed E-state index contributed by atoms with van der Waals surface area (Å²) in [5.74, 6) is -0.921. The number of hydrogen-bond acceptors (Lipinski definition) is 6. The molecule has 27 heavy (non-hydrogen) atoms. The van der Waals surface area contributed by atoms with Crippen LogP contribution in [0.15, 0.2) is 36.4 Å². The zero-order valence-electron chi connectivity index (χ0n) is 13.7. The fourth-order valence-corrected chi connectivity index (χ4v) is 3.73. The van der Waals surface area contributed by atoms with E-state index in [2.05, 4.69) is 15.6 Å². The molecule has 0 bridgehead atoms. The van der Waals surface area contributed by atoms with Gasteiger partial charge in [0.25, 0.3) is 5.91 Å². The monoisotopic (exact) mass is 439 g/mol. The van der Waals surface area contributed by atoms with Gasteiger partial charge in [-0.3, -0.25) is 10.1 Å². The lowest BCUT2D eigenvalue weighted by Gasteiger charge is -2.08. The summed E-state index contributed by atoms with van der Waals surface area (Å²) in [4.78, 5) is 28.3. The van der Waals surface area contributed by atoms with Gasteiger partial charge in [0, 0.05) is 5.02 Å². The van der Waals surface area contributed by atoms with Crippen LogP contribution in [0.2, 0.25) is 10.0 Å². The maximum Gasteiger partial charge on any atom is 0.337 e. The molecule has 138 valence electrons. The molecule has 0 spiro atoms. The summed E-state index contributed by atoms with van der Waals surface area (Å²) in [6.07, 6.45) is 0. The number of fused-ring (bicyclic) bond motifs is 1. The second kappa shape index (κ2) is 8.18. The fourth-order valence-electron chi connectivity index (χ4n) is 2.19. The number of carbonyl (C=O) groups is 2. The van der Waals surface area contributed by atoms with Crippen molar-refractivity contribution in [1.82, 2.24) is 10.3 Å². The van der Waals surface area contributed by atoms with Gasteiger partial charge in [-0.05, 0) is 48.6 Å². The zero-order valence-corrected chi connectivity index (χ0v) is 16.9. The molecular formula is C17H11Cl2N3O3S2. The molecule has 0 atom stereocenters. The van der Waals surface area contributed by atoms with Crippen LogP contribution in [-0.4, -0.2) is 29.1 Å². The summed E-state index contributed by atoms with van der Waals surface area (Å²) in [6, 6.07) is 9.57. The lowest BCUT2D eigenvalue weighted by atomic mass is 10.2. The van der Waals surface area contributed by atoms with E-state index in [1.807, 2.05) is 0 Å². The lowest BCUT2D eigenvalue weighted by Crippen LogP contribution is -2.34. The van der Waals surface area contributed by atoms with E-state index < -0.39 is 11.9 Å². The molecule has 3 rings (SSSR count). The van der Waals surface area contributed by atoms with E-state index in [1.54, 1.807) is 24.3 Å². The lowest BCUT2D eigenvalue weighted by molar-refractivity contribution is 0.0601. The van der Waals surface area contributed by atoms with E-state index >= 15 is 0 Å². The quantitative estimate of drug-likeness (QED) is 0.461. The SMILES string of the molecule is COC(=O)c1ccc2nc(NC(=S)NC(=O)c3cc(Cl)ccc3Cl)sc2c1. The predicted molar refractivity (Wildman–Crippen MR) is 111 cm³/mol. The number of nitrogens with zero attached hydrogens (tertiary/aromatic N) is 1. The highest BCUT2D eigenvalue weighted by atomic mass is 35.5. The second-order valence-electron chi connectivity index (χ2n) is 5.23. The van der Waals surface area contributed by atoms with Gasteiger partial charge in [-0.2, -0.15) is 0 Å². The number of methoxy groups -OCH3 is 1. The molecule has 0 unspecified atom stereocenters. The van der Waals surface area contributed by atoms with Crippen LogP contribution in [0.1, 0.15) is 20.7 Å². The van der Waals surface area contributed by atoms with Crippen molar-refractivity contribution in [3.63, 3.8) is 0 Å². The third-order valence-corrected chi connectivity index (χ3v) is 5.13. The smallest absolute Gasteiger partial charge is 0.337 e. The zero-order chi connectivity index (χ0) is 19.6. The highest BCUT2D eigenvalue weighted by Crippen LogP contribution is 2.27. The van der Waals surface area contributed by atoms with E-state index in [-0.39, 0.29) is 15.7 Å². The number of halogens is 2. The van der Waals surface area contributed by atoms with E-state index in [0.29, 0.717) is 21.2 Å². The Balaban J connectivity index is 1.73. The standard InChI is InChI=1S/C17H11Cl2N3O3S2/c1-25-15(24)8-2-5-12-13(6-8)27-17(20-12)22-16(26)21-14(23)10-7-9(18)3-4-11(10)19/h2-7H,1H3,(H2,20,21,22,23,26). The third kappa shape index (κ3) is 4.54. The second-order valence-corrected chi connectivity index (χ2v) is 7.51. The average Bonchev–Trinajstić information content (AvgIpc) is 3.03. The maximum absolute atomic E-state index is 12.3. The maximum atomic E-state index is 12.3. The molecule has 0 saturated heterocycles. The Morgan fingerprint density at radius 2 is 1.96 bits per heavy atom. The number of anilines is 1. The first-order chi connectivity index (χ1) is 12.9. The largest absolute Gasteiger partial charge is 0.465 e. The topological polar surface area (TPSA) is 80.3 Å². The molecule has 0 aliphatic heterocycles. The Bertz CT molecular complexity index is 1070. The average molecular weight is 440 g/mol. The van der Waals surface area contributed by atoms with Gasteiger partial charge in [-0.1, -0.05) is 34.5 Å². The van der Waals surface area contributed by atoms with Crippen molar-refractivity contribution in [1.29, 1.82) is 0 Å². The number of aromatic nitrogens is 1. The fraction of sp³-hybridized carbons (Fsp3) is 0.0588. The number of amides is 1. The Morgan fingerprint density at radius 3 is 2.70 bits per heavy atom. The summed E-state index contributed by atoms with van der Waals surface area (Å²) < 4.78 is 5.47. The normalized spacial score (nSPS) is 10.5. The summed E-state index contributed by atoms with van der Waals surface area (Å²) in [6.45, 7) is 0. The Morgan fingerprint density at radius 1 is 1.19 bits per heavy atom. The highest BCUT2D eigenvalue weighted by Gasteiger charge is 2.14. The minimum absolute atomic E-state index is 0.0586. The number of rotatable bonds is 3. The van der Waals surface area contributed by atoms with Crippen LogP contribution in [-0.2, 0) is 4.74 Å². The first kappa shape index (κ1) is 19.5. The molecule has 2 aromatic carbocycles. The van der Waals surface area contributed by atoms with Crippen molar-refractivity contribution in [2.45, 2.75) is 0 Å². The number of nitrogens with one attached hydrogen (secondary N) is 2. The summed E-state index contributed by atoms with van der Waals surface area (Å²) in [5.41, 5.74) is 1.31. The van der Waals surface area contributed by atoms with Crippen LogP contribution in [0, 0.1) is 0 Å². The Hall–Kier alpha value is -2.26. The molecule has 0 aliphatic rings. The van der Waals surface area contributed by atoms with Crippen molar-refractivity contribution in [3.8, 4) is 0 Å². The van der Waals surface area contributed by atoms with Crippen molar-refractivity contribution in [2.75, 3.05) is 12.4 Å². The van der Waals surface area contributed by atoms with Crippen molar-refractivity contribution < 1.29 is 14.3 Å². The van der Waals surface area contributed by atoms with E-state index in [1.165, 1.54) is 30.6 Å². The summed E-state index contributed by atoms with van der Waals surface area (Å²) in [5, 5.41) is 6.54. The molecule has 0 fully saturated rings. The van der Waals surface area contributed by atoms with E-state index in [0.717, 1.165) is 4.70 Å². The molecule has 2 N–H and O–H groups in total. The summed E-state index contributed by atoms with van der Waals surface area (Å²) >= 11 is 18.3. The summed E-state index contributed by atoms with van der Waals surface area (Å²) in [7, 11) is 1.32. The van der Waals surface area contributed by atoms with Crippen molar-refractivity contribution in [2.24, 2.45) is 0 Å². The number of esters is 1. The number of benzene rings is 2. The molecular weight excluding hydrogens is 429 g/mol. The van der Waals surface area contributed by atoms with Crippen LogP contribution in [0.3, 0.4) is 0 Å². The third-order valence-electron chi connectivity index (χ3n) is 3.43. The van der Waals surface area contributed by atoms with Gasteiger partial charge in [0.15, 0.2) is 10.2 Å². The van der Waals surface area contributed by atoms with Gasteiger partial charge in [0.1, 0.15) is 0 Å². The van der Waals surface area contributed by atoms with Gasteiger partial charge in [0.05, 0.1) is 33.5 Å². The molecule has 10 heteroatoms. The number of carbonyl (C=O) groups excluding carboxylic acids is 2. The van der Waals surface area contributed by atoms with Gasteiger partial charge < -0.3 is 10.1 Å². The van der Waals surface area contributed by atoms with Crippen molar-refractivity contribution in [3.05, 3.63) is 57.6 Å². The van der Waals surface area contributed by atoms with Gasteiger partial charge in [-0.25, -0.2) is 9.78 Å². The van der Waals surface area contributed by atoms with Crippen LogP contribution < -0.4 is 10.6 Å². The van der Waals surface area contributed by atoms with Crippen LogP contribution in [0.4, 0.5) is 5.13 Å². The first-order valence-corrected chi connectivity index (χ1v) is 9.41. The molecule has 0 saturated carbocycles. The Labute approximate surface area is 173 Å². The van der Waals surface area contributed by atoms with Gasteiger partial charge in [-0.15, -0.1) is 0 Å². The minimum Gasteiger partial charge on any atom is -0.465 e. The van der Waals surface area contributed by atoms with E-state index in [4.69, 9.17) is 40.2 Å². The van der Waals surface area contributed by atoms with Crippen LogP contribution in [0.5, 0.6) is 0 Å². The molecule has 1 heterocycles. The van der Waals surface area contributed by atoms with Crippen LogP contribution >= 0.6 is 46.8 Å². The highest BCUT2D eigenvalue weighted by molar-refractivity contribution is 7.80.